The van der Waals surface area contributed by atoms with E-state index in [9.17, 15) is 18.0 Å². The Morgan fingerprint density at radius 2 is 2.20 bits per heavy atom. The molecule has 0 aliphatic carbocycles. The first-order valence-corrected chi connectivity index (χ1v) is 4.00. The van der Waals surface area contributed by atoms with Crippen LogP contribution in [0.5, 0.6) is 0 Å². The minimum absolute atomic E-state index is 0.0174. The number of rotatable bonds is 3. The van der Waals surface area contributed by atoms with Crippen molar-refractivity contribution < 1.29 is 23.1 Å². The van der Waals surface area contributed by atoms with Gasteiger partial charge in [0.1, 0.15) is 0 Å². The number of carbonyl (C=O) groups excluding carboxylic acids is 1. The van der Waals surface area contributed by atoms with Crippen LogP contribution < -0.4 is 0 Å². The Kier molecular flexibility index (Phi) is 3.08. The first-order chi connectivity index (χ1) is 6.91. The fraction of sp³-hybridized carbons (Fsp3) is 0.571. The molecule has 0 amide bonds. The smallest absolute Gasteiger partial charge is 0.394 e. The second-order valence-corrected chi connectivity index (χ2v) is 2.92. The van der Waals surface area contributed by atoms with Crippen LogP contribution in [0.15, 0.2) is 0 Å². The summed E-state index contributed by atoms with van der Waals surface area (Å²) in [5.74, 6) is 0. The summed E-state index contributed by atoms with van der Waals surface area (Å²) in [5.41, 5.74) is -2.01. The molecule has 1 atom stereocenters. The predicted molar refractivity (Wildman–Crippen MR) is 42.2 cm³/mol. The molecule has 0 saturated carbocycles. The second-order valence-electron chi connectivity index (χ2n) is 2.92. The number of aromatic nitrogens is 3. The van der Waals surface area contributed by atoms with Gasteiger partial charge < -0.3 is 5.11 Å². The molecule has 1 aromatic rings. The number of alkyl halides is 3. The molecule has 5 nitrogen and oxygen atoms in total. The van der Waals surface area contributed by atoms with Gasteiger partial charge in [0.25, 0.3) is 0 Å². The van der Waals surface area contributed by atoms with E-state index in [0.717, 1.165) is 0 Å². The molecule has 1 rings (SSSR count). The lowest BCUT2D eigenvalue weighted by molar-refractivity contribution is -0.145. The van der Waals surface area contributed by atoms with Crippen molar-refractivity contribution in [2.75, 3.05) is 6.61 Å². The van der Waals surface area contributed by atoms with Crippen molar-refractivity contribution in [3.63, 3.8) is 0 Å². The number of nitrogens with zero attached hydrogens (tertiary/aromatic N) is 3. The van der Waals surface area contributed by atoms with Gasteiger partial charge in [-0.3, -0.25) is 4.79 Å². The van der Waals surface area contributed by atoms with Crippen LogP contribution in [0.3, 0.4) is 0 Å². The third-order valence-corrected chi connectivity index (χ3v) is 1.78. The standard InChI is InChI=1S/C7H8F3N3O2/c1-4(2-14)13-6(7(8,9)10)5(3-15)11-12-13/h3-4,14H,2H2,1H3. The molecule has 0 radical (unpaired) electrons. The van der Waals surface area contributed by atoms with Crippen LogP contribution in [-0.2, 0) is 6.18 Å². The minimum atomic E-state index is -4.72. The maximum atomic E-state index is 12.5. The second kappa shape index (κ2) is 3.97. The van der Waals surface area contributed by atoms with Crippen LogP contribution >= 0.6 is 0 Å². The normalized spacial score (nSPS) is 13.9. The summed E-state index contributed by atoms with van der Waals surface area (Å²) in [5, 5.41) is 15.0. The van der Waals surface area contributed by atoms with E-state index < -0.39 is 30.2 Å². The molecule has 0 aliphatic heterocycles. The Morgan fingerprint density at radius 3 is 2.60 bits per heavy atom. The van der Waals surface area contributed by atoms with Gasteiger partial charge in [-0.25, -0.2) is 4.68 Å². The fourth-order valence-electron chi connectivity index (χ4n) is 1.05. The number of halogens is 3. The Hall–Kier alpha value is -1.44. The summed E-state index contributed by atoms with van der Waals surface area (Å²) in [4.78, 5) is 10.3. The number of hydrogen-bond donors (Lipinski definition) is 1. The van der Waals surface area contributed by atoms with Gasteiger partial charge in [0, 0.05) is 0 Å². The molecular formula is C7H8F3N3O2. The summed E-state index contributed by atoms with van der Waals surface area (Å²) in [7, 11) is 0. The first-order valence-electron chi connectivity index (χ1n) is 4.00. The molecule has 0 aliphatic rings. The number of aliphatic hydroxyl groups is 1. The number of aliphatic hydroxyl groups excluding tert-OH is 1. The van der Waals surface area contributed by atoms with Gasteiger partial charge in [-0.1, -0.05) is 5.21 Å². The summed E-state index contributed by atoms with van der Waals surface area (Å²) in [6, 6.07) is -0.886. The molecule has 1 N–H and O–H groups in total. The summed E-state index contributed by atoms with van der Waals surface area (Å²) >= 11 is 0. The molecule has 0 saturated heterocycles. The summed E-state index contributed by atoms with van der Waals surface area (Å²) in [6.45, 7) is 0.809. The van der Waals surface area contributed by atoms with Crippen molar-refractivity contribution in [2.45, 2.75) is 19.1 Å². The summed E-state index contributed by atoms with van der Waals surface area (Å²) in [6.07, 6.45) is -4.74. The van der Waals surface area contributed by atoms with Gasteiger partial charge in [0.2, 0.25) is 0 Å². The van der Waals surface area contributed by atoms with Crippen molar-refractivity contribution in [1.29, 1.82) is 0 Å². The van der Waals surface area contributed by atoms with Crippen molar-refractivity contribution in [3.05, 3.63) is 11.4 Å². The Balaban J connectivity index is 3.29. The molecule has 1 heterocycles. The average Bonchev–Trinajstić information content (AvgIpc) is 2.59. The Bertz CT molecular complexity index is 361. The van der Waals surface area contributed by atoms with Crippen molar-refractivity contribution in [1.82, 2.24) is 15.0 Å². The molecule has 8 heteroatoms. The number of carbonyl (C=O) groups is 1. The van der Waals surface area contributed by atoms with E-state index in [1.165, 1.54) is 6.92 Å². The molecule has 1 aromatic heterocycles. The molecule has 15 heavy (non-hydrogen) atoms. The lowest BCUT2D eigenvalue weighted by Gasteiger charge is -2.13. The highest BCUT2D eigenvalue weighted by atomic mass is 19.4. The molecule has 0 fully saturated rings. The van der Waals surface area contributed by atoms with Crippen LogP contribution in [0.4, 0.5) is 13.2 Å². The fourth-order valence-corrected chi connectivity index (χ4v) is 1.05. The van der Waals surface area contributed by atoms with Crippen molar-refractivity contribution in [3.8, 4) is 0 Å². The first kappa shape index (κ1) is 11.6. The zero-order chi connectivity index (χ0) is 11.6. The lowest BCUT2D eigenvalue weighted by Crippen LogP contribution is -2.21. The SMILES string of the molecule is CC(CO)n1nnc(C=O)c1C(F)(F)F. The zero-order valence-electron chi connectivity index (χ0n) is 7.69. The topological polar surface area (TPSA) is 68.0 Å². The molecule has 1 unspecified atom stereocenters. The summed E-state index contributed by atoms with van der Waals surface area (Å²) < 4.78 is 37.9. The average molecular weight is 223 g/mol. The van der Waals surface area contributed by atoms with E-state index in [4.69, 9.17) is 5.11 Å². The van der Waals surface area contributed by atoms with E-state index in [-0.39, 0.29) is 6.29 Å². The zero-order valence-corrected chi connectivity index (χ0v) is 7.69. The Labute approximate surface area is 82.5 Å². The largest absolute Gasteiger partial charge is 0.435 e. The monoisotopic (exact) mass is 223 g/mol. The van der Waals surface area contributed by atoms with Gasteiger partial charge in [-0.15, -0.1) is 5.10 Å². The van der Waals surface area contributed by atoms with E-state index in [1.807, 2.05) is 0 Å². The van der Waals surface area contributed by atoms with Gasteiger partial charge in [0.05, 0.1) is 12.6 Å². The predicted octanol–water partition coefficient (Wildman–Crippen LogP) is 0.663. The van der Waals surface area contributed by atoms with Gasteiger partial charge in [-0.05, 0) is 6.92 Å². The van der Waals surface area contributed by atoms with Gasteiger partial charge >= 0.3 is 6.18 Å². The number of hydrogen-bond acceptors (Lipinski definition) is 4. The van der Waals surface area contributed by atoms with Crippen LogP contribution in [0.1, 0.15) is 29.1 Å². The van der Waals surface area contributed by atoms with Crippen LogP contribution in [0.25, 0.3) is 0 Å². The highest BCUT2D eigenvalue weighted by Crippen LogP contribution is 2.31. The Morgan fingerprint density at radius 1 is 1.60 bits per heavy atom. The molecule has 84 valence electrons. The molecule has 0 spiro atoms. The molecule has 0 bridgehead atoms. The maximum absolute atomic E-state index is 12.5. The maximum Gasteiger partial charge on any atom is 0.435 e. The number of aldehydes is 1. The van der Waals surface area contributed by atoms with Crippen LogP contribution in [-0.4, -0.2) is 33.0 Å². The minimum Gasteiger partial charge on any atom is -0.394 e. The van der Waals surface area contributed by atoms with Crippen molar-refractivity contribution in [2.24, 2.45) is 0 Å². The van der Waals surface area contributed by atoms with Gasteiger partial charge in [0.15, 0.2) is 17.7 Å². The van der Waals surface area contributed by atoms with E-state index in [0.29, 0.717) is 4.68 Å². The third-order valence-electron chi connectivity index (χ3n) is 1.78. The lowest BCUT2D eigenvalue weighted by atomic mass is 10.3. The third kappa shape index (κ3) is 2.14. The highest BCUT2D eigenvalue weighted by molar-refractivity contribution is 5.73. The highest BCUT2D eigenvalue weighted by Gasteiger charge is 2.40. The quantitative estimate of drug-likeness (QED) is 0.764. The van der Waals surface area contributed by atoms with Gasteiger partial charge in [-0.2, -0.15) is 13.2 Å². The van der Waals surface area contributed by atoms with Crippen LogP contribution in [0, 0.1) is 0 Å². The van der Waals surface area contributed by atoms with E-state index >= 15 is 0 Å². The van der Waals surface area contributed by atoms with Crippen molar-refractivity contribution >= 4 is 6.29 Å². The van der Waals surface area contributed by atoms with Crippen LogP contribution in [0.2, 0.25) is 0 Å². The molecule has 0 aromatic carbocycles. The van der Waals surface area contributed by atoms with E-state index in [1.54, 1.807) is 0 Å². The molecular weight excluding hydrogens is 215 g/mol. The van der Waals surface area contributed by atoms with E-state index in [2.05, 4.69) is 10.3 Å².